The molecule has 3 heterocycles. The predicted octanol–water partition coefficient (Wildman–Crippen LogP) is 1.08. The number of rotatable bonds is 3. The fourth-order valence-electron chi connectivity index (χ4n) is 2.24. The van der Waals surface area contributed by atoms with Gasteiger partial charge in [-0.2, -0.15) is 14.6 Å². The largest absolute Gasteiger partial charge is 0.497 e. The maximum absolute atomic E-state index is 5.22. The summed E-state index contributed by atoms with van der Waals surface area (Å²) in [5.74, 6) is 2.33. The van der Waals surface area contributed by atoms with Crippen LogP contribution in [0, 0.1) is 6.92 Å². The minimum absolute atomic E-state index is 0.486. The topological polar surface area (TPSA) is 95.9 Å². The van der Waals surface area contributed by atoms with Crippen molar-refractivity contribution < 1.29 is 4.74 Å². The van der Waals surface area contributed by atoms with Crippen molar-refractivity contribution in [3.8, 4) is 23.0 Å². The molecule has 0 spiro atoms. The minimum Gasteiger partial charge on any atom is -0.497 e. The van der Waals surface area contributed by atoms with Gasteiger partial charge in [-0.15, -0.1) is 15.0 Å². The number of tetrazole rings is 1. The molecule has 0 unspecified atom stereocenters. The van der Waals surface area contributed by atoms with Crippen LogP contribution in [-0.4, -0.2) is 46.9 Å². The Kier molecular flexibility index (Phi) is 2.97. The molecule has 1 aromatic carbocycles. The number of aromatic nitrogens is 8. The molecule has 3 aromatic heterocycles. The highest BCUT2D eigenvalue weighted by atomic mass is 16.5. The van der Waals surface area contributed by atoms with Gasteiger partial charge in [0.25, 0.3) is 5.78 Å². The second-order valence-corrected chi connectivity index (χ2v) is 4.86. The third-order valence-corrected chi connectivity index (χ3v) is 3.31. The zero-order valence-electron chi connectivity index (χ0n) is 12.5. The lowest BCUT2D eigenvalue weighted by Gasteiger charge is -2.02. The summed E-state index contributed by atoms with van der Waals surface area (Å²) in [5.41, 5.74) is 1.61. The lowest BCUT2D eigenvalue weighted by Crippen LogP contribution is -2.08. The average Bonchev–Trinajstić information content (AvgIpc) is 3.23. The SMILES string of the molecule is COc1cccc(-c2nnn(-c3cc(C)nc4ncnn34)n2)c1. The zero-order chi connectivity index (χ0) is 15.8. The van der Waals surface area contributed by atoms with Crippen molar-refractivity contribution in [3.05, 3.63) is 42.4 Å². The van der Waals surface area contributed by atoms with Gasteiger partial charge in [0.2, 0.25) is 5.82 Å². The van der Waals surface area contributed by atoms with Crippen molar-refractivity contribution in [2.45, 2.75) is 6.92 Å². The molecule has 0 bridgehead atoms. The van der Waals surface area contributed by atoms with E-state index >= 15 is 0 Å². The number of ether oxygens (including phenoxy) is 1. The maximum atomic E-state index is 5.22. The van der Waals surface area contributed by atoms with Gasteiger partial charge in [-0.25, -0.2) is 4.98 Å². The van der Waals surface area contributed by atoms with Crippen LogP contribution in [-0.2, 0) is 0 Å². The van der Waals surface area contributed by atoms with Crippen molar-refractivity contribution in [2.75, 3.05) is 7.11 Å². The summed E-state index contributed by atoms with van der Waals surface area (Å²) in [6.07, 6.45) is 1.44. The molecule has 0 amide bonds. The molecule has 9 heteroatoms. The lowest BCUT2D eigenvalue weighted by molar-refractivity contribution is 0.415. The first-order valence-corrected chi connectivity index (χ1v) is 6.87. The van der Waals surface area contributed by atoms with Crippen molar-refractivity contribution in [2.24, 2.45) is 0 Å². The molecule has 4 rings (SSSR count). The molecule has 0 saturated heterocycles. The summed E-state index contributed by atoms with van der Waals surface area (Å²) < 4.78 is 6.78. The number of methoxy groups -OCH3 is 1. The second-order valence-electron chi connectivity index (χ2n) is 4.86. The van der Waals surface area contributed by atoms with E-state index in [4.69, 9.17) is 4.74 Å². The minimum atomic E-state index is 0.486. The Morgan fingerprint density at radius 2 is 2.09 bits per heavy atom. The van der Waals surface area contributed by atoms with Crippen LogP contribution in [0.1, 0.15) is 5.69 Å². The molecule has 0 aliphatic carbocycles. The third kappa shape index (κ3) is 2.27. The second kappa shape index (κ2) is 5.13. The van der Waals surface area contributed by atoms with E-state index in [9.17, 15) is 0 Å². The molecular formula is C14H12N8O. The van der Waals surface area contributed by atoms with Crippen LogP contribution in [0.3, 0.4) is 0 Å². The first-order valence-electron chi connectivity index (χ1n) is 6.87. The van der Waals surface area contributed by atoms with Gasteiger partial charge >= 0.3 is 0 Å². The van der Waals surface area contributed by atoms with Crippen LogP contribution in [0.15, 0.2) is 36.7 Å². The van der Waals surface area contributed by atoms with Crippen LogP contribution >= 0.6 is 0 Å². The molecule has 0 fully saturated rings. The Labute approximate surface area is 130 Å². The maximum Gasteiger partial charge on any atom is 0.254 e. The molecule has 9 nitrogen and oxygen atoms in total. The van der Waals surface area contributed by atoms with Gasteiger partial charge in [-0.1, -0.05) is 12.1 Å². The van der Waals surface area contributed by atoms with Crippen LogP contribution in [0.25, 0.3) is 23.0 Å². The lowest BCUT2D eigenvalue weighted by atomic mass is 10.2. The summed E-state index contributed by atoms with van der Waals surface area (Å²) in [4.78, 5) is 9.79. The highest BCUT2D eigenvalue weighted by Crippen LogP contribution is 2.20. The van der Waals surface area contributed by atoms with Gasteiger partial charge in [0.15, 0.2) is 5.82 Å². The van der Waals surface area contributed by atoms with Gasteiger partial charge < -0.3 is 4.74 Å². The van der Waals surface area contributed by atoms with Gasteiger partial charge in [0, 0.05) is 17.3 Å². The van der Waals surface area contributed by atoms with E-state index < -0.39 is 0 Å². The van der Waals surface area contributed by atoms with Gasteiger partial charge in [-0.05, 0) is 24.3 Å². The molecule has 0 radical (unpaired) electrons. The number of hydrogen-bond acceptors (Lipinski definition) is 7. The first-order chi connectivity index (χ1) is 11.2. The number of benzene rings is 1. The molecule has 0 aliphatic heterocycles. The standard InChI is InChI=1S/C14H12N8O/c1-9-6-12(21-14(17-9)15-8-16-21)22-19-13(18-20-22)10-4-3-5-11(7-10)23-2/h3-8H,1-2H3. The van der Waals surface area contributed by atoms with E-state index in [0.29, 0.717) is 17.4 Å². The van der Waals surface area contributed by atoms with Crippen LogP contribution in [0.5, 0.6) is 5.75 Å². The fourth-order valence-corrected chi connectivity index (χ4v) is 2.24. The molecule has 0 saturated carbocycles. The first kappa shape index (κ1) is 13.3. The van der Waals surface area contributed by atoms with E-state index in [-0.39, 0.29) is 0 Å². The fraction of sp³-hybridized carbons (Fsp3) is 0.143. The van der Waals surface area contributed by atoms with E-state index in [0.717, 1.165) is 17.0 Å². The summed E-state index contributed by atoms with van der Waals surface area (Å²) >= 11 is 0. The Bertz CT molecular complexity index is 989. The molecule has 114 valence electrons. The highest BCUT2D eigenvalue weighted by Gasteiger charge is 2.13. The molecular weight excluding hydrogens is 296 g/mol. The van der Waals surface area contributed by atoms with E-state index in [1.807, 2.05) is 37.3 Å². The number of aryl methyl sites for hydroxylation is 1. The molecule has 0 aliphatic rings. The van der Waals surface area contributed by atoms with E-state index in [1.54, 1.807) is 11.6 Å². The third-order valence-electron chi connectivity index (χ3n) is 3.31. The summed E-state index contributed by atoms with van der Waals surface area (Å²) in [6, 6.07) is 9.30. The zero-order valence-corrected chi connectivity index (χ0v) is 12.5. The van der Waals surface area contributed by atoms with Gasteiger partial charge in [-0.3, -0.25) is 0 Å². The molecule has 23 heavy (non-hydrogen) atoms. The van der Waals surface area contributed by atoms with Crippen molar-refractivity contribution in [1.82, 2.24) is 39.8 Å². The Hall–Kier alpha value is -3.36. The number of nitrogens with zero attached hydrogens (tertiary/aromatic N) is 8. The normalized spacial score (nSPS) is 11.0. The average molecular weight is 308 g/mol. The quantitative estimate of drug-likeness (QED) is 0.559. The van der Waals surface area contributed by atoms with Crippen LogP contribution < -0.4 is 4.74 Å². The summed E-state index contributed by atoms with van der Waals surface area (Å²) in [6.45, 7) is 1.87. The van der Waals surface area contributed by atoms with Gasteiger partial charge in [0.1, 0.15) is 12.1 Å². The Balaban J connectivity index is 1.82. The number of hydrogen-bond donors (Lipinski definition) is 0. The molecule has 4 aromatic rings. The van der Waals surface area contributed by atoms with Crippen molar-refractivity contribution in [3.63, 3.8) is 0 Å². The van der Waals surface area contributed by atoms with Crippen LogP contribution in [0.2, 0.25) is 0 Å². The predicted molar refractivity (Wildman–Crippen MR) is 80.2 cm³/mol. The monoisotopic (exact) mass is 308 g/mol. The molecule has 0 N–H and O–H groups in total. The molecule has 0 atom stereocenters. The van der Waals surface area contributed by atoms with Crippen molar-refractivity contribution >= 4 is 5.78 Å². The highest BCUT2D eigenvalue weighted by molar-refractivity contribution is 5.56. The smallest absolute Gasteiger partial charge is 0.254 e. The van der Waals surface area contributed by atoms with Crippen LogP contribution in [0.4, 0.5) is 0 Å². The summed E-state index contributed by atoms with van der Waals surface area (Å²) in [7, 11) is 1.62. The van der Waals surface area contributed by atoms with Gasteiger partial charge in [0.05, 0.1) is 7.11 Å². The van der Waals surface area contributed by atoms with Crippen molar-refractivity contribution in [1.29, 1.82) is 0 Å². The Morgan fingerprint density at radius 3 is 2.96 bits per heavy atom. The summed E-state index contributed by atoms with van der Waals surface area (Å²) in [5, 5.41) is 16.8. The van der Waals surface area contributed by atoms with E-state index in [1.165, 1.54) is 11.1 Å². The Morgan fingerprint density at radius 1 is 1.17 bits per heavy atom. The van der Waals surface area contributed by atoms with E-state index in [2.05, 4.69) is 30.5 Å². The number of fused-ring (bicyclic) bond motifs is 1.